The smallest absolute Gasteiger partial charge is 0.305 e. The highest BCUT2D eigenvalue weighted by molar-refractivity contribution is 7.92. The summed E-state index contributed by atoms with van der Waals surface area (Å²) in [5, 5.41) is 15.9. The highest BCUT2D eigenvalue weighted by Gasteiger charge is 2.27. The molecule has 12 heteroatoms. The van der Waals surface area contributed by atoms with Crippen LogP contribution in [0.25, 0.3) is 0 Å². The van der Waals surface area contributed by atoms with Gasteiger partial charge >= 0.3 is 5.97 Å². The van der Waals surface area contributed by atoms with Crippen LogP contribution in [0.1, 0.15) is 28.4 Å². The normalized spacial score (nSPS) is 11.7. The summed E-state index contributed by atoms with van der Waals surface area (Å²) in [6.07, 6.45) is -0.465. The minimum atomic E-state index is -4.22. The van der Waals surface area contributed by atoms with E-state index in [1.54, 1.807) is 42.5 Å². The van der Waals surface area contributed by atoms with E-state index in [0.717, 1.165) is 0 Å². The van der Waals surface area contributed by atoms with Crippen molar-refractivity contribution in [3.05, 3.63) is 90.0 Å². The monoisotopic (exact) mass is 511 g/mol. The Kier molecular flexibility index (Phi) is 8.12. The van der Waals surface area contributed by atoms with Crippen LogP contribution in [-0.4, -0.2) is 38.5 Å². The van der Waals surface area contributed by atoms with Crippen LogP contribution in [-0.2, 0) is 14.8 Å². The third-order valence-electron chi connectivity index (χ3n) is 4.98. The molecule has 0 radical (unpaired) electrons. The summed E-state index contributed by atoms with van der Waals surface area (Å²) in [5.74, 6) is -1.76. The number of guanidine groups is 1. The fourth-order valence-electron chi connectivity index (χ4n) is 3.34. The summed E-state index contributed by atoms with van der Waals surface area (Å²) < 4.78 is 32.4. The number of carboxylic acid groups (broad SMARTS) is 1. The van der Waals surface area contributed by atoms with E-state index in [4.69, 9.17) is 16.2 Å². The summed E-state index contributed by atoms with van der Waals surface area (Å²) in [5.41, 5.74) is 11.6. The molecule has 36 heavy (non-hydrogen) atoms. The summed E-state index contributed by atoms with van der Waals surface area (Å²) in [7, 11) is -2.76. The van der Waals surface area contributed by atoms with Crippen LogP contribution < -0.4 is 25.9 Å². The zero-order chi connectivity index (χ0) is 26.3. The van der Waals surface area contributed by atoms with Gasteiger partial charge in [0.25, 0.3) is 15.9 Å². The van der Waals surface area contributed by atoms with Crippen molar-refractivity contribution in [3.63, 3.8) is 0 Å². The van der Waals surface area contributed by atoms with E-state index in [-0.39, 0.29) is 16.1 Å². The molecule has 0 aliphatic rings. The largest absolute Gasteiger partial charge is 0.497 e. The second-order valence-corrected chi connectivity index (χ2v) is 9.30. The first-order valence-electron chi connectivity index (χ1n) is 10.6. The van der Waals surface area contributed by atoms with Gasteiger partial charge in [0.15, 0.2) is 0 Å². The van der Waals surface area contributed by atoms with Crippen LogP contribution in [0.2, 0.25) is 0 Å². The molecule has 188 valence electrons. The topological polar surface area (TPSA) is 177 Å². The van der Waals surface area contributed by atoms with Crippen LogP contribution in [0.4, 0.5) is 5.69 Å². The summed E-state index contributed by atoms with van der Waals surface area (Å²) in [4.78, 5) is 24.4. The zero-order valence-corrected chi connectivity index (χ0v) is 20.1. The Morgan fingerprint density at radius 2 is 1.72 bits per heavy atom. The number of sulfonamides is 1. The lowest BCUT2D eigenvalue weighted by Gasteiger charge is -2.22. The van der Waals surface area contributed by atoms with Crippen LogP contribution >= 0.6 is 0 Å². The van der Waals surface area contributed by atoms with Gasteiger partial charge < -0.3 is 26.6 Å². The Morgan fingerprint density at radius 1 is 1.03 bits per heavy atom. The number of hydrogen-bond donors (Lipinski definition) is 4. The molecule has 1 amide bonds. The van der Waals surface area contributed by atoms with Crippen molar-refractivity contribution in [2.24, 2.45) is 16.6 Å². The molecule has 1 atom stereocenters. The van der Waals surface area contributed by atoms with Crippen molar-refractivity contribution in [3.8, 4) is 5.75 Å². The van der Waals surface area contributed by atoms with Gasteiger partial charge in [0.2, 0.25) is 5.96 Å². The number of benzene rings is 3. The molecule has 0 heterocycles. The molecule has 0 saturated carbocycles. The maximum absolute atomic E-state index is 13.3. The van der Waals surface area contributed by atoms with Crippen LogP contribution in [0.5, 0.6) is 5.75 Å². The van der Waals surface area contributed by atoms with Crippen molar-refractivity contribution >= 4 is 33.5 Å². The summed E-state index contributed by atoms with van der Waals surface area (Å²) in [6.45, 7) is 0. The molecular weight excluding hydrogens is 486 g/mol. The second kappa shape index (κ2) is 11.2. The minimum absolute atomic E-state index is 0.0378. The number of carbonyl (C=O) groups is 2. The molecule has 1 unspecified atom stereocenters. The number of methoxy groups -OCH3 is 1. The average molecular weight is 512 g/mol. The number of rotatable bonds is 10. The molecule has 0 bridgehead atoms. The molecule has 0 spiro atoms. The number of nitrogens with zero attached hydrogens (tertiary/aromatic N) is 2. The number of nitrogens with one attached hydrogen (secondary N) is 1. The van der Waals surface area contributed by atoms with Crippen LogP contribution in [0.15, 0.2) is 88.9 Å². The Hall–Kier alpha value is -4.58. The van der Waals surface area contributed by atoms with Crippen molar-refractivity contribution in [2.45, 2.75) is 17.4 Å². The maximum atomic E-state index is 13.3. The number of carbonyl (C=O) groups excluding carboxylic acids is 1. The van der Waals surface area contributed by atoms with E-state index in [1.807, 2.05) is 0 Å². The Balaban J connectivity index is 2.01. The molecule has 11 nitrogen and oxygen atoms in total. The number of aliphatic carboxylic acids is 1. The molecule has 6 N–H and O–H groups in total. The maximum Gasteiger partial charge on any atom is 0.305 e. The van der Waals surface area contributed by atoms with Crippen LogP contribution in [0.3, 0.4) is 0 Å². The van der Waals surface area contributed by atoms with E-state index in [2.05, 4.69) is 10.4 Å². The van der Waals surface area contributed by atoms with Crippen molar-refractivity contribution in [2.75, 3.05) is 11.5 Å². The number of ether oxygens (including phenoxy) is 1. The molecule has 3 rings (SSSR count). The first-order valence-corrected chi connectivity index (χ1v) is 12.0. The van der Waals surface area contributed by atoms with E-state index in [9.17, 15) is 23.1 Å². The van der Waals surface area contributed by atoms with E-state index in [0.29, 0.717) is 15.7 Å². The van der Waals surface area contributed by atoms with Crippen molar-refractivity contribution in [1.29, 1.82) is 0 Å². The molecule has 0 fully saturated rings. The first-order chi connectivity index (χ1) is 17.1. The van der Waals surface area contributed by atoms with E-state index >= 15 is 0 Å². The van der Waals surface area contributed by atoms with Gasteiger partial charge in [-0.1, -0.05) is 36.4 Å². The fraction of sp³-hybridized carbons (Fsp3) is 0.125. The molecule has 0 saturated heterocycles. The molecular formula is C24H25N5O6S. The van der Waals surface area contributed by atoms with E-state index in [1.165, 1.54) is 43.5 Å². The molecule has 3 aromatic carbocycles. The number of carboxylic acids is 1. The Morgan fingerprint density at radius 3 is 2.36 bits per heavy atom. The number of nitrogens with two attached hydrogens (primary N) is 2. The third kappa shape index (κ3) is 6.30. The average Bonchev–Trinajstić information content (AvgIpc) is 2.87. The van der Waals surface area contributed by atoms with Crippen molar-refractivity contribution < 1.29 is 27.9 Å². The SMILES string of the molecule is COc1cccc(C(=O)NC(CC(=O)O)c2cccc(N(N=C(N)N)S(=O)(=O)c3ccccc3)c2)c1. The lowest BCUT2D eigenvalue weighted by atomic mass is 10.0. The Labute approximate surface area is 208 Å². The predicted molar refractivity (Wildman–Crippen MR) is 134 cm³/mol. The fourth-order valence-corrected chi connectivity index (χ4v) is 4.63. The van der Waals surface area contributed by atoms with Gasteiger partial charge in [-0.05, 0) is 48.0 Å². The quantitative estimate of drug-likeness (QED) is 0.181. The Bertz CT molecular complexity index is 1370. The minimum Gasteiger partial charge on any atom is -0.497 e. The van der Waals surface area contributed by atoms with Gasteiger partial charge in [-0.25, -0.2) is 0 Å². The molecule has 3 aromatic rings. The highest BCUT2D eigenvalue weighted by Crippen LogP contribution is 2.28. The van der Waals surface area contributed by atoms with Gasteiger partial charge in [0.05, 0.1) is 30.2 Å². The zero-order valence-electron chi connectivity index (χ0n) is 19.2. The predicted octanol–water partition coefficient (Wildman–Crippen LogP) is 2.02. The second-order valence-electron chi connectivity index (χ2n) is 7.54. The first kappa shape index (κ1) is 26.0. The van der Waals surface area contributed by atoms with Gasteiger partial charge in [-0.3, -0.25) is 9.59 Å². The van der Waals surface area contributed by atoms with Crippen LogP contribution in [0, 0.1) is 0 Å². The van der Waals surface area contributed by atoms with Gasteiger partial charge in [0, 0.05) is 5.56 Å². The van der Waals surface area contributed by atoms with Gasteiger partial charge in [-0.2, -0.15) is 12.8 Å². The standard InChI is InChI=1S/C24H25N5O6S/c1-35-19-10-6-8-17(14-19)23(32)27-21(15-22(30)31)16-7-5-9-18(13-16)29(28-24(25)26)36(33,34)20-11-3-2-4-12-20/h2-14,21H,15H2,1H3,(H,27,32)(H,30,31)(H4,25,26,28). The molecule has 0 aliphatic carbocycles. The third-order valence-corrected chi connectivity index (χ3v) is 6.60. The lowest BCUT2D eigenvalue weighted by molar-refractivity contribution is -0.137. The summed E-state index contributed by atoms with van der Waals surface area (Å²) in [6, 6.07) is 18.8. The van der Waals surface area contributed by atoms with Crippen molar-refractivity contribution in [1.82, 2.24) is 5.32 Å². The molecule has 0 aliphatic heterocycles. The number of hydrazone groups is 1. The van der Waals surface area contributed by atoms with Gasteiger partial charge in [0.1, 0.15) is 5.75 Å². The summed E-state index contributed by atoms with van der Waals surface area (Å²) >= 11 is 0. The highest BCUT2D eigenvalue weighted by atomic mass is 32.2. The van der Waals surface area contributed by atoms with E-state index < -0.39 is 40.3 Å². The van der Waals surface area contributed by atoms with Gasteiger partial charge in [-0.15, -0.1) is 5.10 Å². The lowest BCUT2D eigenvalue weighted by Crippen LogP contribution is -2.33. The number of hydrogen-bond acceptors (Lipinski definition) is 6. The number of anilines is 1. The molecule has 0 aromatic heterocycles. The number of amides is 1.